The summed E-state index contributed by atoms with van der Waals surface area (Å²) in [5, 5.41) is 30.3. The van der Waals surface area contributed by atoms with Crippen molar-refractivity contribution in [3.8, 4) is 6.07 Å². The van der Waals surface area contributed by atoms with Gasteiger partial charge in [-0.25, -0.2) is 4.39 Å². The van der Waals surface area contributed by atoms with Gasteiger partial charge in [0.05, 0.1) is 18.2 Å². The fourth-order valence-electron chi connectivity index (χ4n) is 2.48. The smallest absolute Gasteiger partial charge is 0.258 e. The Morgan fingerprint density at radius 2 is 2.04 bits per heavy atom. The second kappa shape index (κ2) is 6.54. The molecule has 2 N–H and O–H groups in total. The molecule has 0 bridgehead atoms. The number of hydrogen-bond donors (Lipinski definition) is 2. The monoisotopic (exact) mass is 353 g/mol. The standard InChI is InChI=1S/C18H16FN5O2/c1-11-7-14(5-3-12(11)9-20)21-17(25)18(2,26)10-24-22-15-6-4-13(19)8-16(15)23-24/h3-8,26H,10H2,1-2H3,(H,21,25)/t18-/m0/s1. The van der Waals surface area contributed by atoms with E-state index < -0.39 is 17.3 Å². The van der Waals surface area contributed by atoms with Crippen LogP contribution in [-0.2, 0) is 11.3 Å². The number of fused-ring (bicyclic) bond motifs is 1. The van der Waals surface area contributed by atoms with E-state index in [1.54, 1.807) is 25.1 Å². The number of carbonyl (C=O) groups excluding carboxylic acids is 1. The van der Waals surface area contributed by atoms with Crippen molar-refractivity contribution in [1.82, 2.24) is 15.0 Å². The molecule has 0 fully saturated rings. The molecule has 7 nitrogen and oxygen atoms in total. The van der Waals surface area contributed by atoms with E-state index in [9.17, 15) is 14.3 Å². The van der Waals surface area contributed by atoms with E-state index in [2.05, 4.69) is 15.5 Å². The Labute approximate surface area is 148 Å². The van der Waals surface area contributed by atoms with Crippen molar-refractivity contribution < 1.29 is 14.3 Å². The van der Waals surface area contributed by atoms with Gasteiger partial charge in [0.2, 0.25) is 0 Å². The predicted octanol–water partition coefficient (Wildman–Crippen LogP) is 2.14. The number of hydrogen-bond acceptors (Lipinski definition) is 5. The Hall–Kier alpha value is -3.31. The van der Waals surface area contributed by atoms with Crippen LogP contribution in [0.2, 0.25) is 0 Å². The van der Waals surface area contributed by atoms with Gasteiger partial charge >= 0.3 is 0 Å². The summed E-state index contributed by atoms with van der Waals surface area (Å²) in [6, 6.07) is 10.8. The summed E-state index contributed by atoms with van der Waals surface area (Å²) >= 11 is 0. The third kappa shape index (κ3) is 3.53. The van der Waals surface area contributed by atoms with E-state index >= 15 is 0 Å². The highest BCUT2D eigenvalue weighted by molar-refractivity contribution is 5.96. The number of aryl methyl sites for hydroxylation is 1. The van der Waals surface area contributed by atoms with Crippen LogP contribution in [0.4, 0.5) is 10.1 Å². The maximum atomic E-state index is 13.2. The fraction of sp³-hybridized carbons (Fsp3) is 0.222. The topological polar surface area (TPSA) is 104 Å². The quantitative estimate of drug-likeness (QED) is 0.748. The lowest BCUT2D eigenvalue weighted by Gasteiger charge is -2.21. The van der Waals surface area contributed by atoms with E-state index in [4.69, 9.17) is 5.26 Å². The first-order valence-electron chi connectivity index (χ1n) is 7.83. The highest BCUT2D eigenvalue weighted by Crippen LogP contribution is 2.18. The van der Waals surface area contributed by atoms with Gasteiger partial charge in [0.15, 0.2) is 5.60 Å². The minimum atomic E-state index is -1.80. The first kappa shape index (κ1) is 17.5. The number of amides is 1. The number of aliphatic hydroxyl groups is 1. The number of nitriles is 1. The number of aromatic nitrogens is 3. The van der Waals surface area contributed by atoms with Crippen LogP contribution in [0.5, 0.6) is 0 Å². The molecule has 1 aromatic heterocycles. The highest BCUT2D eigenvalue weighted by atomic mass is 19.1. The van der Waals surface area contributed by atoms with Crippen LogP contribution >= 0.6 is 0 Å². The van der Waals surface area contributed by atoms with Gasteiger partial charge in [0.25, 0.3) is 5.91 Å². The van der Waals surface area contributed by atoms with Crippen molar-refractivity contribution in [3.63, 3.8) is 0 Å². The maximum absolute atomic E-state index is 13.2. The first-order valence-corrected chi connectivity index (χ1v) is 7.83. The summed E-state index contributed by atoms with van der Waals surface area (Å²) in [5.41, 5.74) is 0.693. The number of nitrogens with one attached hydrogen (secondary N) is 1. The molecule has 0 aliphatic carbocycles. The molecule has 0 unspecified atom stereocenters. The molecule has 0 saturated heterocycles. The van der Waals surface area contributed by atoms with Crippen molar-refractivity contribution in [2.24, 2.45) is 0 Å². The van der Waals surface area contributed by atoms with Crippen LogP contribution in [0.25, 0.3) is 11.0 Å². The number of carbonyl (C=O) groups is 1. The van der Waals surface area contributed by atoms with Gasteiger partial charge < -0.3 is 10.4 Å². The predicted molar refractivity (Wildman–Crippen MR) is 92.6 cm³/mol. The minimum absolute atomic E-state index is 0.204. The molecule has 132 valence electrons. The number of halogens is 1. The summed E-state index contributed by atoms with van der Waals surface area (Å²) in [5.74, 6) is -1.08. The molecule has 0 aliphatic heterocycles. The summed E-state index contributed by atoms with van der Waals surface area (Å²) in [7, 11) is 0. The van der Waals surface area contributed by atoms with Gasteiger partial charge in [0, 0.05) is 11.8 Å². The fourth-order valence-corrected chi connectivity index (χ4v) is 2.48. The molecule has 0 saturated carbocycles. The lowest BCUT2D eigenvalue weighted by atomic mass is 10.1. The molecule has 1 heterocycles. The Morgan fingerprint density at radius 3 is 2.73 bits per heavy atom. The van der Waals surface area contributed by atoms with E-state index in [0.717, 1.165) is 4.80 Å². The van der Waals surface area contributed by atoms with E-state index in [0.29, 0.717) is 27.8 Å². The molecule has 8 heteroatoms. The second-order valence-corrected chi connectivity index (χ2v) is 6.23. The zero-order valence-electron chi connectivity index (χ0n) is 14.2. The normalized spacial score (nSPS) is 13.2. The van der Waals surface area contributed by atoms with Crippen LogP contribution < -0.4 is 5.32 Å². The second-order valence-electron chi connectivity index (χ2n) is 6.23. The molecular formula is C18H16FN5O2. The number of anilines is 1. The maximum Gasteiger partial charge on any atom is 0.258 e. The van der Waals surface area contributed by atoms with Crippen molar-refractivity contribution >= 4 is 22.6 Å². The molecule has 1 amide bonds. The average Bonchev–Trinajstić information content (AvgIpc) is 2.95. The summed E-state index contributed by atoms with van der Waals surface area (Å²) in [6.45, 7) is 2.89. The van der Waals surface area contributed by atoms with Crippen molar-refractivity contribution in [2.45, 2.75) is 26.0 Å². The van der Waals surface area contributed by atoms with E-state index in [1.807, 2.05) is 6.07 Å². The van der Waals surface area contributed by atoms with Gasteiger partial charge in [-0.2, -0.15) is 20.3 Å². The lowest BCUT2D eigenvalue weighted by molar-refractivity contribution is -0.134. The minimum Gasteiger partial charge on any atom is -0.378 e. The van der Waals surface area contributed by atoms with Gasteiger partial charge in [-0.1, -0.05) is 0 Å². The van der Waals surface area contributed by atoms with Crippen LogP contribution in [0.1, 0.15) is 18.1 Å². The third-order valence-corrected chi connectivity index (χ3v) is 3.93. The highest BCUT2D eigenvalue weighted by Gasteiger charge is 2.32. The molecule has 26 heavy (non-hydrogen) atoms. The zero-order valence-corrected chi connectivity index (χ0v) is 14.2. The molecule has 3 aromatic rings. The summed E-state index contributed by atoms with van der Waals surface area (Å²) in [6.07, 6.45) is 0. The SMILES string of the molecule is Cc1cc(NC(=O)[C@@](C)(O)Cn2nc3ccc(F)cc3n2)ccc1C#N. The molecule has 0 radical (unpaired) electrons. The zero-order chi connectivity index (χ0) is 18.9. The number of rotatable bonds is 4. The van der Waals surface area contributed by atoms with Crippen LogP contribution in [0.15, 0.2) is 36.4 Å². The summed E-state index contributed by atoms with van der Waals surface area (Å²) < 4.78 is 13.2. The van der Waals surface area contributed by atoms with Crippen LogP contribution in [0.3, 0.4) is 0 Å². The van der Waals surface area contributed by atoms with Gasteiger partial charge in [-0.15, -0.1) is 0 Å². The number of nitrogens with zero attached hydrogens (tertiary/aromatic N) is 4. The van der Waals surface area contributed by atoms with Crippen LogP contribution in [-0.4, -0.2) is 31.6 Å². The lowest BCUT2D eigenvalue weighted by Crippen LogP contribution is -2.44. The van der Waals surface area contributed by atoms with Crippen molar-refractivity contribution in [2.75, 3.05) is 5.32 Å². The molecule has 0 spiro atoms. The van der Waals surface area contributed by atoms with Gasteiger partial charge in [0.1, 0.15) is 16.9 Å². The largest absolute Gasteiger partial charge is 0.378 e. The molecular weight excluding hydrogens is 337 g/mol. The van der Waals surface area contributed by atoms with Crippen molar-refractivity contribution in [3.05, 3.63) is 53.3 Å². The Bertz CT molecular complexity index is 1040. The average molecular weight is 353 g/mol. The van der Waals surface area contributed by atoms with Gasteiger partial charge in [-0.05, 0) is 49.7 Å². The molecule has 1 atom stereocenters. The third-order valence-electron chi connectivity index (χ3n) is 3.93. The van der Waals surface area contributed by atoms with E-state index in [1.165, 1.54) is 25.1 Å². The Balaban J connectivity index is 1.76. The first-order chi connectivity index (χ1) is 12.3. The van der Waals surface area contributed by atoms with Crippen LogP contribution in [0, 0.1) is 24.1 Å². The molecule has 0 aliphatic rings. The summed E-state index contributed by atoms with van der Waals surface area (Å²) in [4.78, 5) is 13.6. The Kier molecular flexibility index (Phi) is 4.40. The Morgan fingerprint density at radius 1 is 1.31 bits per heavy atom. The molecule has 2 aromatic carbocycles. The van der Waals surface area contributed by atoms with Gasteiger partial charge in [-0.3, -0.25) is 4.79 Å². The van der Waals surface area contributed by atoms with Crippen molar-refractivity contribution in [1.29, 1.82) is 5.26 Å². The van der Waals surface area contributed by atoms with E-state index in [-0.39, 0.29) is 6.54 Å². The molecule has 3 rings (SSSR count). The number of benzene rings is 2.